The Balaban J connectivity index is 2.12. The number of benzene rings is 1. The number of aromatic nitrogens is 1. The predicted octanol–water partition coefficient (Wildman–Crippen LogP) is 4.12. The lowest BCUT2D eigenvalue weighted by molar-refractivity contribution is 0.341. The molecule has 0 amide bonds. The molecule has 0 fully saturated rings. The lowest BCUT2D eigenvalue weighted by atomic mass is 10.3. The summed E-state index contributed by atoms with van der Waals surface area (Å²) in [6, 6.07) is 5.59. The Bertz CT molecular complexity index is 527. The minimum Gasteiger partial charge on any atom is -0.492 e. The van der Waals surface area contributed by atoms with Gasteiger partial charge in [0.05, 0.1) is 30.0 Å². The molecule has 18 heavy (non-hydrogen) atoms. The van der Waals surface area contributed by atoms with E-state index in [2.05, 4.69) is 10.3 Å². The Labute approximate surface area is 116 Å². The third kappa shape index (κ3) is 3.15. The van der Waals surface area contributed by atoms with Crippen molar-refractivity contribution in [3.8, 4) is 5.75 Å². The van der Waals surface area contributed by atoms with Gasteiger partial charge >= 0.3 is 0 Å². The largest absolute Gasteiger partial charge is 0.492 e. The van der Waals surface area contributed by atoms with E-state index in [9.17, 15) is 0 Å². The van der Waals surface area contributed by atoms with Gasteiger partial charge in [-0.2, -0.15) is 0 Å². The number of nitrogens with one attached hydrogen (secondary N) is 1. The van der Waals surface area contributed by atoms with Crippen molar-refractivity contribution in [2.45, 2.75) is 20.4 Å². The van der Waals surface area contributed by atoms with Gasteiger partial charge in [0.15, 0.2) is 0 Å². The number of ether oxygens (including phenoxy) is 1. The third-order valence-electron chi connectivity index (χ3n) is 2.53. The highest BCUT2D eigenvalue weighted by Crippen LogP contribution is 2.29. The molecular formula is C13H15ClN2OS. The topological polar surface area (TPSA) is 34.1 Å². The van der Waals surface area contributed by atoms with Crippen LogP contribution in [0.1, 0.15) is 17.5 Å². The zero-order valence-electron chi connectivity index (χ0n) is 10.4. The highest BCUT2D eigenvalue weighted by Gasteiger charge is 2.06. The van der Waals surface area contributed by atoms with Crippen molar-refractivity contribution in [2.75, 3.05) is 11.9 Å². The number of hydrogen-bond donors (Lipinski definition) is 1. The molecule has 96 valence electrons. The molecule has 0 aliphatic carbocycles. The number of anilines is 1. The van der Waals surface area contributed by atoms with Crippen molar-refractivity contribution >= 4 is 28.6 Å². The molecule has 0 saturated carbocycles. The molecule has 0 aliphatic heterocycles. The summed E-state index contributed by atoms with van der Waals surface area (Å²) in [6.07, 6.45) is 0. The van der Waals surface area contributed by atoms with Crippen molar-refractivity contribution in [2.24, 2.45) is 0 Å². The first kappa shape index (κ1) is 13.2. The lowest BCUT2D eigenvalue weighted by Gasteiger charge is -2.12. The third-order valence-corrected chi connectivity index (χ3v) is 3.70. The van der Waals surface area contributed by atoms with Gasteiger partial charge in [0.25, 0.3) is 0 Å². The Morgan fingerprint density at radius 1 is 1.44 bits per heavy atom. The molecule has 0 unspecified atom stereocenters. The van der Waals surface area contributed by atoms with E-state index >= 15 is 0 Å². The standard InChI is InChI=1S/C13H15ClN2OS/c1-3-17-12-5-4-10(14)6-11(12)15-7-13-9(2)16-8-18-13/h4-6,8,15H,3,7H2,1-2H3. The van der Waals surface area contributed by atoms with Crippen LogP contribution in [-0.4, -0.2) is 11.6 Å². The first-order valence-electron chi connectivity index (χ1n) is 5.76. The van der Waals surface area contributed by atoms with Crippen LogP contribution in [0.3, 0.4) is 0 Å². The average Bonchev–Trinajstić information content (AvgIpc) is 2.75. The van der Waals surface area contributed by atoms with Crippen LogP contribution in [0, 0.1) is 6.92 Å². The van der Waals surface area contributed by atoms with Gasteiger partial charge < -0.3 is 10.1 Å². The van der Waals surface area contributed by atoms with E-state index < -0.39 is 0 Å². The minimum atomic E-state index is 0.635. The fourth-order valence-electron chi connectivity index (χ4n) is 1.59. The van der Waals surface area contributed by atoms with Gasteiger partial charge in [0, 0.05) is 9.90 Å². The van der Waals surface area contributed by atoms with Crippen LogP contribution in [0.5, 0.6) is 5.75 Å². The molecule has 1 N–H and O–H groups in total. The maximum atomic E-state index is 6.00. The Hall–Kier alpha value is -1.26. The second kappa shape index (κ2) is 6.07. The lowest BCUT2D eigenvalue weighted by Crippen LogP contribution is -2.02. The van der Waals surface area contributed by atoms with Crippen molar-refractivity contribution in [3.05, 3.63) is 39.3 Å². The number of rotatable bonds is 5. The van der Waals surface area contributed by atoms with Crippen LogP contribution in [0.15, 0.2) is 23.7 Å². The van der Waals surface area contributed by atoms with Gasteiger partial charge in [-0.3, -0.25) is 0 Å². The summed E-state index contributed by atoms with van der Waals surface area (Å²) in [7, 11) is 0. The van der Waals surface area contributed by atoms with E-state index in [1.807, 2.05) is 37.6 Å². The predicted molar refractivity (Wildman–Crippen MR) is 76.8 cm³/mol. The van der Waals surface area contributed by atoms with Gasteiger partial charge in [-0.25, -0.2) is 4.98 Å². The molecule has 0 radical (unpaired) electrons. The zero-order valence-corrected chi connectivity index (χ0v) is 11.9. The van der Waals surface area contributed by atoms with E-state index in [-0.39, 0.29) is 0 Å². The van der Waals surface area contributed by atoms with Crippen LogP contribution in [0.2, 0.25) is 5.02 Å². The van der Waals surface area contributed by atoms with Crippen LogP contribution < -0.4 is 10.1 Å². The monoisotopic (exact) mass is 282 g/mol. The zero-order chi connectivity index (χ0) is 13.0. The summed E-state index contributed by atoms with van der Waals surface area (Å²) in [6.45, 7) is 5.34. The molecule has 1 heterocycles. The smallest absolute Gasteiger partial charge is 0.142 e. The van der Waals surface area contributed by atoms with Crippen LogP contribution >= 0.6 is 22.9 Å². The normalized spacial score (nSPS) is 10.4. The van der Waals surface area contributed by atoms with Crippen LogP contribution in [-0.2, 0) is 6.54 Å². The quantitative estimate of drug-likeness (QED) is 0.896. The molecule has 5 heteroatoms. The maximum absolute atomic E-state index is 6.00. The molecule has 1 aromatic carbocycles. The summed E-state index contributed by atoms with van der Waals surface area (Å²) < 4.78 is 5.56. The van der Waals surface area contributed by atoms with Crippen molar-refractivity contribution in [1.82, 2.24) is 4.98 Å². The summed E-state index contributed by atoms with van der Waals surface area (Å²) in [5.41, 5.74) is 3.83. The molecule has 1 aromatic heterocycles. The second-order valence-corrected chi connectivity index (χ2v) is 5.16. The molecule has 2 aromatic rings. The molecule has 0 aliphatic rings. The number of thiazole rings is 1. The molecule has 0 atom stereocenters. The van der Waals surface area contributed by atoms with E-state index in [4.69, 9.17) is 16.3 Å². The Kier molecular flexibility index (Phi) is 4.44. The molecule has 3 nitrogen and oxygen atoms in total. The minimum absolute atomic E-state index is 0.635. The first-order chi connectivity index (χ1) is 8.70. The highest BCUT2D eigenvalue weighted by atomic mass is 35.5. The van der Waals surface area contributed by atoms with Crippen LogP contribution in [0.25, 0.3) is 0 Å². The van der Waals surface area contributed by atoms with Gasteiger partial charge in [0.2, 0.25) is 0 Å². The van der Waals surface area contributed by atoms with E-state index in [1.54, 1.807) is 11.3 Å². The first-order valence-corrected chi connectivity index (χ1v) is 7.01. The van der Waals surface area contributed by atoms with Crippen molar-refractivity contribution in [1.29, 1.82) is 0 Å². The molecule has 2 rings (SSSR count). The number of nitrogens with zero attached hydrogens (tertiary/aromatic N) is 1. The molecular weight excluding hydrogens is 268 g/mol. The average molecular weight is 283 g/mol. The van der Waals surface area contributed by atoms with E-state index in [0.717, 1.165) is 23.7 Å². The fourth-order valence-corrected chi connectivity index (χ4v) is 2.48. The molecule has 0 bridgehead atoms. The van der Waals surface area contributed by atoms with Crippen molar-refractivity contribution < 1.29 is 4.74 Å². The maximum Gasteiger partial charge on any atom is 0.142 e. The number of aryl methyl sites for hydroxylation is 1. The Morgan fingerprint density at radius 2 is 2.28 bits per heavy atom. The van der Waals surface area contributed by atoms with Gasteiger partial charge in [0.1, 0.15) is 5.75 Å². The van der Waals surface area contributed by atoms with E-state index in [0.29, 0.717) is 11.6 Å². The summed E-state index contributed by atoms with van der Waals surface area (Å²) in [5.74, 6) is 0.823. The fraction of sp³-hybridized carbons (Fsp3) is 0.308. The molecule has 0 saturated heterocycles. The van der Waals surface area contributed by atoms with Gasteiger partial charge in [-0.1, -0.05) is 11.6 Å². The highest BCUT2D eigenvalue weighted by molar-refractivity contribution is 7.09. The summed E-state index contributed by atoms with van der Waals surface area (Å²) in [5, 5.41) is 4.04. The van der Waals surface area contributed by atoms with E-state index in [1.165, 1.54) is 4.88 Å². The van der Waals surface area contributed by atoms with Crippen LogP contribution in [0.4, 0.5) is 5.69 Å². The molecule has 0 spiro atoms. The number of halogens is 1. The van der Waals surface area contributed by atoms with Gasteiger partial charge in [-0.05, 0) is 32.0 Å². The second-order valence-electron chi connectivity index (χ2n) is 3.79. The Morgan fingerprint density at radius 3 is 2.94 bits per heavy atom. The summed E-state index contributed by atoms with van der Waals surface area (Å²) in [4.78, 5) is 5.45. The number of hydrogen-bond acceptors (Lipinski definition) is 4. The van der Waals surface area contributed by atoms with Crippen molar-refractivity contribution in [3.63, 3.8) is 0 Å². The summed E-state index contributed by atoms with van der Waals surface area (Å²) >= 11 is 7.65. The van der Waals surface area contributed by atoms with Gasteiger partial charge in [-0.15, -0.1) is 11.3 Å². The SMILES string of the molecule is CCOc1ccc(Cl)cc1NCc1scnc1C.